The normalized spacial score (nSPS) is 12.8. The lowest BCUT2D eigenvalue weighted by molar-refractivity contribution is 0.188. The third kappa shape index (κ3) is 3.76. The second-order valence-electron chi connectivity index (χ2n) is 7.28. The summed E-state index contributed by atoms with van der Waals surface area (Å²) in [6, 6.07) is 4.95. The monoisotopic (exact) mass is 391 g/mol. The summed E-state index contributed by atoms with van der Waals surface area (Å²) < 4.78 is 35.7. The Morgan fingerprint density at radius 3 is 2.59 bits per heavy atom. The van der Waals surface area contributed by atoms with Crippen LogP contribution >= 0.6 is 0 Å². The Kier molecular flexibility index (Phi) is 5.11. The molecule has 0 aliphatic heterocycles. The maximum absolute atomic E-state index is 12.1. The van der Waals surface area contributed by atoms with Crippen LogP contribution in [0.4, 0.5) is 0 Å². The average Bonchev–Trinajstić information content (AvgIpc) is 3.23. The van der Waals surface area contributed by atoms with E-state index in [2.05, 4.69) is 30.6 Å². The fraction of sp³-hybridized carbons (Fsp3) is 0.444. The van der Waals surface area contributed by atoms with Gasteiger partial charge in [-0.15, -0.1) is 0 Å². The molecule has 3 rings (SSSR count). The van der Waals surface area contributed by atoms with Gasteiger partial charge in [0.05, 0.1) is 39.8 Å². The van der Waals surface area contributed by atoms with Crippen molar-refractivity contribution in [1.29, 1.82) is 0 Å². The zero-order valence-corrected chi connectivity index (χ0v) is 17.0. The minimum atomic E-state index is -3.53. The van der Waals surface area contributed by atoms with Gasteiger partial charge >= 0.3 is 0 Å². The SMILES string of the molecule is CNS(=O)(=O)c1ccc2c(c1)nc(-c1cnn(C(C)(C)C)c1)n2CCOC. The van der Waals surface area contributed by atoms with Gasteiger partial charge in [0.1, 0.15) is 5.82 Å². The van der Waals surface area contributed by atoms with Crippen LogP contribution in [0.15, 0.2) is 35.5 Å². The maximum Gasteiger partial charge on any atom is 0.240 e. The van der Waals surface area contributed by atoms with E-state index >= 15 is 0 Å². The van der Waals surface area contributed by atoms with Crippen molar-refractivity contribution >= 4 is 21.1 Å². The van der Waals surface area contributed by atoms with E-state index in [4.69, 9.17) is 9.72 Å². The second kappa shape index (κ2) is 7.06. The predicted octanol–water partition coefficient (Wildman–Crippen LogP) is 2.21. The van der Waals surface area contributed by atoms with Crippen LogP contribution in [0.2, 0.25) is 0 Å². The van der Waals surface area contributed by atoms with E-state index in [0.29, 0.717) is 18.7 Å². The first kappa shape index (κ1) is 19.5. The van der Waals surface area contributed by atoms with Crippen molar-refractivity contribution in [2.24, 2.45) is 0 Å². The molecule has 9 heteroatoms. The molecule has 27 heavy (non-hydrogen) atoms. The van der Waals surface area contributed by atoms with Crippen molar-refractivity contribution in [3.8, 4) is 11.4 Å². The van der Waals surface area contributed by atoms with Crippen LogP contribution in [0, 0.1) is 0 Å². The summed E-state index contributed by atoms with van der Waals surface area (Å²) in [7, 11) is -0.492. The van der Waals surface area contributed by atoms with Gasteiger partial charge in [-0.05, 0) is 46.0 Å². The topological polar surface area (TPSA) is 91.0 Å². The van der Waals surface area contributed by atoms with E-state index in [1.807, 2.05) is 15.4 Å². The molecule has 2 heterocycles. The van der Waals surface area contributed by atoms with E-state index in [9.17, 15) is 8.42 Å². The fourth-order valence-corrected chi connectivity index (χ4v) is 3.58. The smallest absolute Gasteiger partial charge is 0.240 e. The van der Waals surface area contributed by atoms with Gasteiger partial charge in [0.2, 0.25) is 10.0 Å². The molecule has 0 amide bonds. The van der Waals surface area contributed by atoms with Gasteiger partial charge in [0.15, 0.2) is 0 Å². The zero-order valence-electron chi connectivity index (χ0n) is 16.2. The minimum Gasteiger partial charge on any atom is -0.383 e. The number of imidazole rings is 1. The van der Waals surface area contributed by atoms with Crippen molar-refractivity contribution in [3.05, 3.63) is 30.6 Å². The van der Waals surface area contributed by atoms with Gasteiger partial charge in [-0.3, -0.25) is 4.68 Å². The fourth-order valence-electron chi connectivity index (χ4n) is 2.83. The Balaban J connectivity index is 2.17. The van der Waals surface area contributed by atoms with Gasteiger partial charge < -0.3 is 9.30 Å². The lowest BCUT2D eigenvalue weighted by atomic mass is 10.1. The Hall–Kier alpha value is -2.23. The molecule has 1 N–H and O–H groups in total. The van der Waals surface area contributed by atoms with Gasteiger partial charge in [-0.2, -0.15) is 5.10 Å². The highest BCUT2D eigenvalue weighted by atomic mass is 32.2. The second-order valence-corrected chi connectivity index (χ2v) is 9.17. The summed E-state index contributed by atoms with van der Waals surface area (Å²) >= 11 is 0. The van der Waals surface area contributed by atoms with E-state index in [1.54, 1.807) is 31.5 Å². The van der Waals surface area contributed by atoms with Crippen LogP contribution in [0.3, 0.4) is 0 Å². The molecule has 0 saturated carbocycles. The van der Waals surface area contributed by atoms with Crippen molar-refractivity contribution in [1.82, 2.24) is 24.1 Å². The van der Waals surface area contributed by atoms with Gasteiger partial charge in [0.25, 0.3) is 0 Å². The van der Waals surface area contributed by atoms with E-state index in [-0.39, 0.29) is 10.4 Å². The molecule has 0 spiro atoms. The number of benzene rings is 1. The lowest BCUT2D eigenvalue weighted by Crippen LogP contribution is -2.21. The van der Waals surface area contributed by atoms with Crippen molar-refractivity contribution in [2.45, 2.75) is 37.8 Å². The summed E-state index contributed by atoms with van der Waals surface area (Å²) in [5.41, 5.74) is 2.19. The number of fused-ring (bicyclic) bond motifs is 1. The highest BCUT2D eigenvalue weighted by Gasteiger charge is 2.20. The zero-order chi connectivity index (χ0) is 19.8. The van der Waals surface area contributed by atoms with E-state index in [0.717, 1.165) is 16.9 Å². The number of rotatable bonds is 6. The quantitative estimate of drug-likeness (QED) is 0.696. The number of aromatic nitrogens is 4. The highest BCUT2D eigenvalue weighted by Crippen LogP contribution is 2.27. The third-order valence-corrected chi connectivity index (χ3v) is 5.76. The van der Waals surface area contributed by atoms with Gasteiger partial charge in [-0.25, -0.2) is 18.1 Å². The van der Waals surface area contributed by atoms with E-state index < -0.39 is 10.0 Å². The summed E-state index contributed by atoms with van der Waals surface area (Å²) in [5.74, 6) is 0.733. The summed E-state index contributed by atoms with van der Waals surface area (Å²) in [4.78, 5) is 4.89. The number of nitrogens with zero attached hydrogens (tertiary/aromatic N) is 4. The summed E-state index contributed by atoms with van der Waals surface area (Å²) in [6.45, 7) is 7.34. The number of hydrogen-bond acceptors (Lipinski definition) is 5. The van der Waals surface area contributed by atoms with Gasteiger partial charge in [-0.1, -0.05) is 0 Å². The number of ether oxygens (including phenoxy) is 1. The standard InChI is InChI=1S/C18H25N5O3S/c1-18(2,3)23-12-13(11-20-23)17-21-15-10-14(27(24,25)19-4)6-7-16(15)22(17)8-9-26-5/h6-7,10-12,19H,8-9H2,1-5H3. The largest absolute Gasteiger partial charge is 0.383 e. The molecule has 0 bridgehead atoms. The minimum absolute atomic E-state index is 0.143. The van der Waals surface area contributed by atoms with Crippen molar-refractivity contribution in [2.75, 3.05) is 20.8 Å². The third-order valence-electron chi connectivity index (χ3n) is 4.35. The molecule has 146 valence electrons. The summed E-state index contributed by atoms with van der Waals surface area (Å²) in [6.07, 6.45) is 3.73. The molecule has 0 fully saturated rings. The van der Waals surface area contributed by atoms with Crippen molar-refractivity contribution in [3.63, 3.8) is 0 Å². The number of hydrogen-bond donors (Lipinski definition) is 1. The molecule has 1 aromatic carbocycles. The Morgan fingerprint density at radius 2 is 2.00 bits per heavy atom. The highest BCUT2D eigenvalue weighted by molar-refractivity contribution is 7.89. The first-order valence-electron chi connectivity index (χ1n) is 8.65. The molecular formula is C18H25N5O3S. The predicted molar refractivity (Wildman–Crippen MR) is 104 cm³/mol. The molecule has 0 atom stereocenters. The van der Waals surface area contributed by atoms with E-state index in [1.165, 1.54) is 7.05 Å². The molecule has 3 aromatic rings. The van der Waals surface area contributed by atoms with Crippen molar-refractivity contribution < 1.29 is 13.2 Å². The molecule has 2 aromatic heterocycles. The first-order valence-corrected chi connectivity index (χ1v) is 10.1. The maximum atomic E-state index is 12.1. The number of nitrogens with one attached hydrogen (secondary N) is 1. The van der Waals surface area contributed by atoms with Crippen LogP contribution in [0.5, 0.6) is 0 Å². The molecular weight excluding hydrogens is 366 g/mol. The van der Waals surface area contributed by atoms with Crippen LogP contribution < -0.4 is 4.72 Å². The Morgan fingerprint density at radius 1 is 1.26 bits per heavy atom. The molecule has 0 saturated heterocycles. The van der Waals surface area contributed by atoms with Gasteiger partial charge in [0, 0.05) is 19.9 Å². The molecule has 0 unspecified atom stereocenters. The van der Waals surface area contributed by atoms with Crippen LogP contribution in [0.25, 0.3) is 22.4 Å². The number of sulfonamides is 1. The van der Waals surface area contributed by atoms with Crippen LogP contribution in [-0.4, -0.2) is 48.5 Å². The average molecular weight is 391 g/mol. The Labute approximate surface area is 159 Å². The van der Waals surface area contributed by atoms with Crippen LogP contribution in [0.1, 0.15) is 20.8 Å². The summed E-state index contributed by atoms with van der Waals surface area (Å²) in [5, 5.41) is 4.45. The molecule has 0 radical (unpaired) electrons. The molecule has 0 aliphatic rings. The number of methoxy groups -OCH3 is 1. The lowest BCUT2D eigenvalue weighted by Gasteiger charge is -2.18. The Bertz CT molecular complexity index is 1060. The molecule has 0 aliphatic carbocycles. The molecule has 8 nitrogen and oxygen atoms in total. The van der Waals surface area contributed by atoms with Crippen LogP contribution in [-0.2, 0) is 26.8 Å². The first-order chi connectivity index (χ1) is 12.7.